The van der Waals surface area contributed by atoms with E-state index in [2.05, 4.69) is 10.3 Å². The fourth-order valence-corrected chi connectivity index (χ4v) is 3.38. The molecule has 0 radical (unpaired) electrons. The van der Waals surface area contributed by atoms with Crippen molar-refractivity contribution in [1.29, 1.82) is 0 Å². The third-order valence-electron chi connectivity index (χ3n) is 4.76. The highest BCUT2D eigenvalue weighted by atomic mass is 19.1. The van der Waals surface area contributed by atoms with Gasteiger partial charge in [-0.1, -0.05) is 0 Å². The zero-order valence-electron chi connectivity index (χ0n) is 14.4. The number of aliphatic hydroxyl groups is 4. The Hall–Kier alpha value is -1.41. The fraction of sp³-hybridized carbons (Fsp3) is 0.867. The largest absolute Gasteiger partial charge is 0.452 e. The second kappa shape index (κ2) is 8.31. The van der Waals surface area contributed by atoms with Crippen LogP contribution in [0.1, 0.15) is 6.92 Å². The van der Waals surface area contributed by atoms with Crippen molar-refractivity contribution in [3.05, 3.63) is 0 Å². The summed E-state index contributed by atoms with van der Waals surface area (Å²) in [5, 5.41) is 42.7. The lowest BCUT2D eigenvalue weighted by Crippen LogP contribution is -2.67. The lowest BCUT2D eigenvalue weighted by atomic mass is 9.95. The molecular weight excluding hydrogens is 371 g/mol. The van der Waals surface area contributed by atoms with Gasteiger partial charge in [0.1, 0.15) is 55.4 Å². The van der Waals surface area contributed by atoms with Gasteiger partial charge < -0.3 is 44.7 Å². The summed E-state index contributed by atoms with van der Waals surface area (Å²) in [6.45, 7) is -0.466. The first-order chi connectivity index (χ1) is 12.9. The number of carbonyl (C=O) groups excluding carboxylic acids is 1. The van der Waals surface area contributed by atoms with Gasteiger partial charge in [0, 0.05) is 6.92 Å². The summed E-state index contributed by atoms with van der Waals surface area (Å²) in [5.74, 6) is -0.546. The second-order valence-electron chi connectivity index (χ2n) is 6.60. The molecule has 0 bridgehead atoms. The summed E-state index contributed by atoms with van der Waals surface area (Å²) < 4.78 is 34.8. The average Bonchev–Trinajstić information content (AvgIpc) is 3.11. The Bertz CT molecular complexity index is 567. The summed E-state index contributed by atoms with van der Waals surface area (Å²) in [6.07, 6.45) is -9.25. The van der Waals surface area contributed by atoms with Gasteiger partial charge in [0.15, 0.2) is 12.7 Å². The van der Waals surface area contributed by atoms with Crippen molar-refractivity contribution in [3.63, 3.8) is 0 Å². The van der Waals surface area contributed by atoms with Crippen LogP contribution in [0.25, 0.3) is 0 Å². The van der Waals surface area contributed by atoms with Crippen LogP contribution in [0.15, 0.2) is 4.99 Å². The number of nitrogens with one attached hydrogen (secondary N) is 1. The van der Waals surface area contributed by atoms with E-state index < -0.39 is 80.5 Å². The average molecular weight is 394 g/mol. The number of aliphatic hydroxyl groups excluding tert-OH is 4. The molecule has 3 aliphatic heterocycles. The number of alkyl halides is 1. The maximum absolute atomic E-state index is 13.2. The first kappa shape index (κ1) is 20.3. The van der Waals surface area contributed by atoms with E-state index in [1.807, 2.05) is 0 Å². The van der Waals surface area contributed by atoms with Crippen LogP contribution in [0.3, 0.4) is 0 Å². The summed E-state index contributed by atoms with van der Waals surface area (Å²) in [4.78, 5) is 15.4. The summed E-state index contributed by atoms with van der Waals surface area (Å²) in [6, 6.07) is -2.05. The molecule has 12 heteroatoms. The predicted octanol–water partition coefficient (Wildman–Crippen LogP) is -3.20. The van der Waals surface area contributed by atoms with Crippen molar-refractivity contribution in [1.82, 2.24) is 5.32 Å². The van der Waals surface area contributed by atoms with E-state index in [1.54, 1.807) is 0 Å². The Morgan fingerprint density at radius 2 is 1.96 bits per heavy atom. The molecule has 5 N–H and O–H groups in total. The van der Waals surface area contributed by atoms with Gasteiger partial charge in [-0.3, -0.25) is 4.79 Å². The highest BCUT2D eigenvalue weighted by molar-refractivity contribution is 5.73. The predicted molar refractivity (Wildman–Crippen MR) is 84.2 cm³/mol. The standard InChI is InChI=1S/C15H23FN2O9/c1-5(20)18-9-11(22)10(21)6(2-16)25-15(9)27-13-7(3-19)26-14-8(12(13)23)17-4-24-14/h4,6-15,19,21-23H,2-3H2,1H3,(H,18,20)/t6-,7-,8-,9-,10-,11-,12-,13-,14+,15+/m1/s1. The van der Waals surface area contributed by atoms with Crippen LogP contribution in [0.5, 0.6) is 0 Å². The van der Waals surface area contributed by atoms with E-state index in [1.165, 1.54) is 6.92 Å². The molecule has 3 heterocycles. The fourth-order valence-electron chi connectivity index (χ4n) is 3.38. The molecule has 0 aliphatic carbocycles. The third-order valence-corrected chi connectivity index (χ3v) is 4.76. The Morgan fingerprint density at radius 3 is 2.59 bits per heavy atom. The van der Waals surface area contributed by atoms with E-state index in [4.69, 9.17) is 18.9 Å². The number of rotatable bonds is 5. The molecule has 0 aromatic rings. The first-order valence-electron chi connectivity index (χ1n) is 8.49. The quantitative estimate of drug-likeness (QED) is 0.324. The maximum Gasteiger partial charge on any atom is 0.226 e. The van der Waals surface area contributed by atoms with Crippen molar-refractivity contribution < 1.29 is 48.6 Å². The van der Waals surface area contributed by atoms with Gasteiger partial charge in [-0.25, -0.2) is 9.38 Å². The molecule has 10 atom stereocenters. The number of fused-ring (bicyclic) bond motifs is 1. The monoisotopic (exact) mass is 394 g/mol. The molecule has 0 unspecified atom stereocenters. The Labute approximate surface area is 153 Å². The van der Waals surface area contributed by atoms with Gasteiger partial charge in [-0.05, 0) is 0 Å². The smallest absolute Gasteiger partial charge is 0.226 e. The number of aliphatic imine (C=N–C) groups is 1. The van der Waals surface area contributed by atoms with Crippen LogP contribution in [-0.2, 0) is 23.7 Å². The van der Waals surface area contributed by atoms with Gasteiger partial charge in [-0.2, -0.15) is 0 Å². The zero-order chi connectivity index (χ0) is 19.7. The molecular formula is C15H23FN2O9. The van der Waals surface area contributed by atoms with E-state index in [0.29, 0.717) is 0 Å². The van der Waals surface area contributed by atoms with Gasteiger partial charge in [-0.15, -0.1) is 0 Å². The molecule has 0 aromatic heterocycles. The van der Waals surface area contributed by atoms with E-state index >= 15 is 0 Å². The molecule has 3 rings (SSSR count). The first-order valence-corrected chi connectivity index (χ1v) is 8.49. The topological polar surface area (TPSA) is 159 Å². The van der Waals surface area contributed by atoms with Crippen LogP contribution in [0.2, 0.25) is 0 Å². The third kappa shape index (κ3) is 3.92. The molecule has 1 amide bonds. The number of hydrogen-bond donors (Lipinski definition) is 5. The van der Waals surface area contributed by atoms with Crippen molar-refractivity contribution in [2.45, 2.75) is 68.2 Å². The van der Waals surface area contributed by atoms with Crippen LogP contribution in [-0.4, -0.2) is 107 Å². The molecule has 2 saturated heterocycles. The van der Waals surface area contributed by atoms with Gasteiger partial charge in [0.2, 0.25) is 12.2 Å². The summed E-state index contributed by atoms with van der Waals surface area (Å²) in [5.41, 5.74) is 0. The number of ether oxygens (including phenoxy) is 4. The number of carbonyl (C=O) groups is 1. The van der Waals surface area contributed by atoms with Crippen LogP contribution < -0.4 is 5.32 Å². The van der Waals surface area contributed by atoms with Crippen molar-refractivity contribution >= 4 is 12.3 Å². The minimum atomic E-state index is -1.59. The van der Waals surface area contributed by atoms with E-state index in [0.717, 1.165) is 6.40 Å². The molecule has 154 valence electrons. The summed E-state index contributed by atoms with van der Waals surface area (Å²) >= 11 is 0. The lowest BCUT2D eigenvalue weighted by molar-refractivity contribution is -0.320. The highest BCUT2D eigenvalue weighted by Gasteiger charge is 2.52. The number of amides is 1. The minimum absolute atomic E-state index is 0.538. The van der Waals surface area contributed by atoms with Crippen molar-refractivity contribution in [2.24, 2.45) is 4.99 Å². The molecule has 0 spiro atoms. The zero-order valence-corrected chi connectivity index (χ0v) is 14.4. The molecule has 3 aliphatic rings. The number of halogens is 1. The number of hydrogen-bond acceptors (Lipinski definition) is 10. The highest BCUT2D eigenvalue weighted by Crippen LogP contribution is 2.31. The SMILES string of the molecule is CC(=O)N[C@H]1[C@H](O[C@H]2[C@H](O)[C@H]3N=CO[C@H]3O[C@@H]2CO)O[C@H](CF)[C@@H](O)[C@@H]1O. The van der Waals surface area contributed by atoms with Crippen molar-refractivity contribution in [3.8, 4) is 0 Å². The van der Waals surface area contributed by atoms with Crippen molar-refractivity contribution in [2.75, 3.05) is 13.3 Å². The maximum atomic E-state index is 13.2. The summed E-state index contributed by atoms with van der Waals surface area (Å²) in [7, 11) is 0. The lowest BCUT2D eigenvalue weighted by Gasteiger charge is -2.46. The Morgan fingerprint density at radius 1 is 1.22 bits per heavy atom. The number of nitrogens with zero attached hydrogens (tertiary/aromatic N) is 1. The molecule has 0 aromatic carbocycles. The molecule has 11 nitrogen and oxygen atoms in total. The molecule has 27 heavy (non-hydrogen) atoms. The van der Waals surface area contributed by atoms with Gasteiger partial charge in [0.25, 0.3) is 0 Å². The van der Waals surface area contributed by atoms with Gasteiger partial charge >= 0.3 is 0 Å². The molecule has 2 fully saturated rings. The van der Waals surface area contributed by atoms with Crippen LogP contribution in [0, 0.1) is 0 Å². The second-order valence-corrected chi connectivity index (χ2v) is 6.60. The minimum Gasteiger partial charge on any atom is -0.452 e. The Kier molecular flexibility index (Phi) is 6.25. The van der Waals surface area contributed by atoms with E-state index in [9.17, 15) is 29.6 Å². The Balaban J connectivity index is 1.80. The normalized spacial score (nSPS) is 46.6. The van der Waals surface area contributed by atoms with Crippen LogP contribution >= 0.6 is 0 Å². The molecule has 0 saturated carbocycles. The van der Waals surface area contributed by atoms with Crippen LogP contribution in [0.4, 0.5) is 4.39 Å². The van der Waals surface area contributed by atoms with E-state index in [-0.39, 0.29) is 0 Å². The van der Waals surface area contributed by atoms with Gasteiger partial charge in [0.05, 0.1) is 6.61 Å².